The highest BCUT2D eigenvalue weighted by Gasteiger charge is 2.08. The number of aromatic hydroxyl groups is 1. The summed E-state index contributed by atoms with van der Waals surface area (Å²) in [4.78, 5) is 11.8. The van der Waals surface area contributed by atoms with E-state index in [0.29, 0.717) is 11.4 Å². The van der Waals surface area contributed by atoms with Crippen LogP contribution in [0.4, 0.5) is 5.69 Å². The summed E-state index contributed by atoms with van der Waals surface area (Å²) in [5, 5.41) is 12.2. The molecule has 104 valence electrons. The number of aryl methyl sites for hydroxylation is 1. The van der Waals surface area contributed by atoms with Crippen LogP contribution in [0.3, 0.4) is 0 Å². The van der Waals surface area contributed by atoms with Crippen LogP contribution in [0.25, 0.3) is 0 Å². The van der Waals surface area contributed by atoms with Crippen molar-refractivity contribution in [3.63, 3.8) is 0 Å². The molecule has 0 spiro atoms. The average molecular weight is 271 g/mol. The zero-order valence-corrected chi connectivity index (χ0v) is 11.3. The van der Waals surface area contributed by atoms with Crippen molar-refractivity contribution < 1.29 is 14.6 Å². The Bertz CT molecular complexity index is 596. The summed E-state index contributed by atoms with van der Waals surface area (Å²) < 4.78 is 5.51. The Morgan fingerprint density at radius 2 is 1.85 bits per heavy atom. The van der Waals surface area contributed by atoms with E-state index in [0.717, 1.165) is 12.0 Å². The number of ether oxygens (including phenoxy) is 1. The fraction of sp³-hybridized carbons (Fsp3) is 0.188. The van der Waals surface area contributed by atoms with E-state index in [1.807, 2.05) is 31.2 Å². The van der Waals surface area contributed by atoms with Crippen LogP contribution >= 0.6 is 0 Å². The number of carbonyl (C=O) groups is 1. The highest BCUT2D eigenvalue weighted by molar-refractivity contribution is 5.93. The topological polar surface area (TPSA) is 58.6 Å². The molecule has 2 aromatic rings. The van der Waals surface area contributed by atoms with Gasteiger partial charge in [0.2, 0.25) is 0 Å². The van der Waals surface area contributed by atoms with Gasteiger partial charge in [-0.25, -0.2) is 0 Å². The molecule has 0 saturated carbocycles. The third kappa shape index (κ3) is 3.51. The summed E-state index contributed by atoms with van der Waals surface area (Å²) in [5.41, 5.74) is 1.44. The Morgan fingerprint density at radius 3 is 2.60 bits per heavy atom. The normalized spacial score (nSPS) is 10.1. The summed E-state index contributed by atoms with van der Waals surface area (Å²) in [6.45, 7) is 1.94. The molecule has 0 aliphatic rings. The minimum absolute atomic E-state index is 0.0369. The molecule has 0 radical (unpaired) electrons. The van der Waals surface area contributed by atoms with Gasteiger partial charge in [-0.05, 0) is 30.2 Å². The summed E-state index contributed by atoms with van der Waals surface area (Å²) in [5.74, 6) is 0.439. The second-order valence-corrected chi connectivity index (χ2v) is 4.32. The molecule has 0 aromatic heterocycles. The van der Waals surface area contributed by atoms with E-state index in [2.05, 4.69) is 5.32 Å². The molecule has 1 amide bonds. The molecule has 2 N–H and O–H groups in total. The van der Waals surface area contributed by atoms with E-state index in [9.17, 15) is 9.90 Å². The van der Waals surface area contributed by atoms with Gasteiger partial charge < -0.3 is 15.2 Å². The van der Waals surface area contributed by atoms with Crippen molar-refractivity contribution >= 4 is 11.6 Å². The van der Waals surface area contributed by atoms with Crippen LogP contribution in [-0.2, 0) is 11.2 Å². The van der Waals surface area contributed by atoms with Gasteiger partial charge in [-0.15, -0.1) is 0 Å². The first-order chi connectivity index (χ1) is 9.70. The largest absolute Gasteiger partial charge is 0.506 e. The van der Waals surface area contributed by atoms with Gasteiger partial charge in [-0.1, -0.05) is 37.3 Å². The number of nitrogens with one attached hydrogen (secondary N) is 1. The lowest BCUT2D eigenvalue weighted by atomic mass is 10.1. The Morgan fingerprint density at radius 1 is 1.15 bits per heavy atom. The van der Waals surface area contributed by atoms with Gasteiger partial charge in [0.1, 0.15) is 11.5 Å². The number of benzene rings is 2. The minimum atomic E-state index is -0.308. The molecule has 2 rings (SSSR count). The molecule has 0 fully saturated rings. The van der Waals surface area contributed by atoms with Crippen LogP contribution < -0.4 is 10.1 Å². The van der Waals surface area contributed by atoms with Gasteiger partial charge in [0, 0.05) is 0 Å². The molecule has 4 heteroatoms. The first-order valence-electron chi connectivity index (χ1n) is 6.49. The smallest absolute Gasteiger partial charge is 0.262 e. The molecule has 20 heavy (non-hydrogen) atoms. The molecule has 4 nitrogen and oxygen atoms in total. The third-order valence-corrected chi connectivity index (χ3v) is 2.89. The number of phenolic OH excluding ortho intramolecular Hbond substituents is 1. The fourth-order valence-electron chi connectivity index (χ4n) is 1.85. The predicted octanol–water partition coefficient (Wildman–Crippen LogP) is 2.97. The molecular weight excluding hydrogens is 254 g/mol. The first kappa shape index (κ1) is 13.9. The van der Waals surface area contributed by atoms with Crippen LogP contribution in [0, 0.1) is 0 Å². The molecule has 0 unspecified atom stereocenters. The van der Waals surface area contributed by atoms with Gasteiger partial charge in [0.05, 0.1) is 5.69 Å². The quantitative estimate of drug-likeness (QED) is 0.822. The van der Waals surface area contributed by atoms with Crippen LogP contribution in [0.2, 0.25) is 0 Å². The van der Waals surface area contributed by atoms with Crippen LogP contribution in [-0.4, -0.2) is 17.6 Å². The molecule has 0 saturated heterocycles. The molecular formula is C16H17NO3. The van der Waals surface area contributed by atoms with Gasteiger partial charge >= 0.3 is 0 Å². The van der Waals surface area contributed by atoms with E-state index >= 15 is 0 Å². The second kappa shape index (κ2) is 6.61. The van der Waals surface area contributed by atoms with Crippen molar-refractivity contribution in [2.24, 2.45) is 0 Å². The number of hydrogen-bond acceptors (Lipinski definition) is 3. The zero-order valence-electron chi connectivity index (χ0n) is 11.3. The van der Waals surface area contributed by atoms with Gasteiger partial charge in [0.25, 0.3) is 5.91 Å². The maximum atomic E-state index is 11.8. The molecule has 2 aromatic carbocycles. The zero-order chi connectivity index (χ0) is 14.4. The van der Waals surface area contributed by atoms with Crippen LogP contribution in [0.5, 0.6) is 11.5 Å². The molecule has 0 heterocycles. The first-order valence-corrected chi connectivity index (χ1v) is 6.49. The van der Waals surface area contributed by atoms with Crippen LogP contribution in [0.15, 0.2) is 48.5 Å². The lowest BCUT2D eigenvalue weighted by molar-refractivity contribution is -0.118. The Kier molecular flexibility index (Phi) is 4.60. The number of hydrogen-bond donors (Lipinski definition) is 2. The number of carbonyl (C=O) groups excluding carboxylic acids is 1. The number of para-hydroxylation sites is 3. The lowest BCUT2D eigenvalue weighted by Gasteiger charge is -2.11. The van der Waals surface area contributed by atoms with Crippen molar-refractivity contribution in [3.8, 4) is 11.5 Å². The van der Waals surface area contributed by atoms with Crippen molar-refractivity contribution in [1.29, 1.82) is 0 Å². The van der Waals surface area contributed by atoms with Crippen LogP contribution in [0.1, 0.15) is 12.5 Å². The van der Waals surface area contributed by atoms with Crippen molar-refractivity contribution in [2.75, 3.05) is 11.9 Å². The van der Waals surface area contributed by atoms with Crippen molar-refractivity contribution in [2.45, 2.75) is 13.3 Å². The summed E-state index contributed by atoms with van der Waals surface area (Å²) in [6, 6.07) is 14.2. The summed E-state index contributed by atoms with van der Waals surface area (Å²) in [7, 11) is 0. The molecule has 0 aliphatic heterocycles. The minimum Gasteiger partial charge on any atom is -0.506 e. The lowest BCUT2D eigenvalue weighted by Crippen LogP contribution is -2.20. The van der Waals surface area contributed by atoms with Gasteiger partial charge in [-0.3, -0.25) is 4.79 Å². The number of anilines is 1. The third-order valence-electron chi connectivity index (χ3n) is 2.89. The maximum Gasteiger partial charge on any atom is 0.262 e. The van der Waals surface area contributed by atoms with E-state index in [4.69, 9.17) is 4.74 Å². The molecule has 0 bridgehead atoms. The summed E-state index contributed by atoms with van der Waals surface area (Å²) >= 11 is 0. The van der Waals surface area contributed by atoms with Gasteiger partial charge in [-0.2, -0.15) is 0 Å². The monoisotopic (exact) mass is 271 g/mol. The molecule has 0 atom stereocenters. The van der Waals surface area contributed by atoms with E-state index in [1.165, 1.54) is 6.07 Å². The highest BCUT2D eigenvalue weighted by atomic mass is 16.5. The Balaban J connectivity index is 1.94. The highest BCUT2D eigenvalue weighted by Crippen LogP contribution is 2.22. The Labute approximate surface area is 118 Å². The standard InChI is InChI=1S/C16H17NO3/c1-2-12-7-3-6-10-15(12)20-11-16(19)17-13-8-4-5-9-14(13)18/h3-10,18H,2,11H2,1H3,(H,17,19). The van der Waals surface area contributed by atoms with Gasteiger partial charge in [0.15, 0.2) is 6.61 Å². The number of rotatable bonds is 5. The van der Waals surface area contributed by atoms with E-state index in [1.54, 1.807) is 18.2 Å². The second-order valence-electron chi connectivity index (χ2n) is 4.32. The predicted molar refractivity (Wildman–Crippen MR) is 78.1 cm³/mol. The average Bonchev–Trinajstić information content (AvgIpc) is 2.48. The Hall–Kier alpha value is -2.49. The van der Waals surface area contributed by atoms with Crippen molar-refractivity contribution in [3.05, 3.63) is 54.1 Å². The van der Waals surface area contributed by atoms with Crippen molar-refractivity contribution in [1.82, 2.24) is 0 Å². The maximum absolute atomic E-state index is 11.8. The fourth-order valence-corrected chi connectivity index (χ4v) is 1.85. The SMILES string of the molecule is CCc1ccccc1OCC(=O)Nc1ccccc1O. The summed E-state index contributed by atoms with van der Waals surface area (Å²) in [6.07, 6.45) is 0.845. The van der Waals surface area contributed by atoms with E-state index in [-0.39, 0.29) is 18.3 Å². The number of phenols is 1. The molecule has 0 aliphatic carbocycles. The number of amides is 1. The van der Waals surface area contributed by atoms with E-state index < -0.39 is 0 Å².